The summed E-state index contributed by atoms with van der Waals surface area (Å²) in [6.45, 7) is 4.41. The minimum absolute atomic E-state index is 0.301. The lowest BCUT2D eigenvalue weighted by Crippen LogP contribution is -2.38. The number of primary amides is 1. The zero-order valence-electron chi connectivity index (χ0n) is 10.7. The van der Waals surface area contributed by atoms with Crippen LogP contribution in [-0.4, -0.2) is 11.9 Å². The Labute approximate surface area is 107 Å². The Morgan fingerprint density at radius 3 is 2.67 bits per heavy atom. The lowest BCUT2D eigenvalue weighted by Gasteiger charge is -2.39. The molecule has 1 amide bonds. The van der Waals surface area contributed by atoms with Gasteiger partial charge in [-0.05, 0) is 42.9 Å². The molecule has 4 heteroatoms. The molecule has 1 saturated carbocycles. The normalized spacial score (nSPS) is 22.7. The molecule has 1 aliphatic carbocycles. The van der Waals surface area contributed by atoms with E-state index in [1.54, 1.807) is 0 Å². The summed E-state index contributed by atoms with van der Waals surface area (Å²) in [5.41, 5.74) is 5.89. The highest BCUT2D eigenvalue weighted by molar-refractivity contribution is 5.93. The van der Waals surface area contributed by atoms with E-state index in [9.17, 15) is 9.18 Å². The number of nitrogens with one attached hydrogen (secondary N) is 1. The van der Waals surface area contributed by atoms with E-state index in [0.29, 0.717) is 29.1 Å². The fourth-order valence-electron chi connectivity index (χ4n) is 2.33. The third kappa shape index (κ3) is 2.63. The summed E-state index contributed by atoms with van der Waals surface area (Å²) in [6, 6.07) is 4.47. The molecule has 0 heterocycles. The number of halogens is 1. The minimum Gasteiger partial charge on any atom is -0.380 e. The number of hydrogen-bond acceptors (Lipinski definition) is 2. The van der Waals surface area contributed by atoms with E-state index in [1.807, 2.05) is 0 Å². The van der Waals surface area contributed by atoms with E-state index >= 15 is 0 Å². The molecule has 0 unspecified atom stereocenters. The molecule has 0 aromatic heterocycles. The Bertz CT molecular complexity index is 453. The van der Waals surface area contributed by atoms with Crippen LogP contribution in [-0.2, 0) is 0 Å². The van der Waals surface area contributed by atoms with Gasteiger partial charge in [0.1, 0.15) is 5.82 Å². The maximum Gasteiger partial charge on any atom is 0.248 e. The fraction of sp³-hybridized carbons (Fsp3) is 0.500. The van der Waals surface area contributed by atoms with E-state index in [2.05, 4.69) is 19.2 Å². The fourth-order valence-corrected chi connectivity index (χ4v) is 2.33. The first kappa shape index (κ1) is 12.9. The first-order chi connectivity index (χ1) is 8.47. The van der Waals surface area contributed by atoms with Gasteiger partial charge in [0.25, 0.3) is 0 Å². The number of amides is 1. The van der Waals surface area contributed by atoms with Gasteiger partial charge in [0.2, 0.25) is 5.91 Å². The zero-order chi connectivity index (χ0) is 13.3. The zero-order valence-corrected chi connectivity index (χ0v) is 10.7. The summed E-state index contributed by atoms with van der Waals surface area (Å²) >= 11 is 0. The van der Waals surface area contributed by atoms with Crippen LogP contribution >= 0.6 is 0 Å². The molecule has 0 atom stereocenters. The number of carbonyl (C=O) groups excluding carboxylic acids is 1. The molecule has 0 radical (unpaired) electrons. The van der Waals surface area contributed by atoms with Crippen molar-refractivity contribution in [1.29, 1.82) is 0 Å². The van der Waals surface area contributed by atoms with Gasteiger partial charge in [-0.25, -0.2) is 4.39 Å². The van der Waals surface area contributed by atoms with Gasteiger partial charge in [0.05, 0.1) is 5.69 Å². The largest absolute Gasteiger partial charge is 0.380 e. The van der Waals surface area contributed by atoms with E-state index < -0.39 is 5.91 Å². The van der Waals surface area contributed by atoms with E-state index in [-0.39, 0.29) is 5.82 Å². The average Bonchev–Trinajstić information content (AvgIpc) is 2.23. The molecule has 1 aromatic rings. The summed E-state index contributed by atoms with van der Waals surface area (Å²) in [5, 5.41) is 3.14. The number of anilines is 1. The lowest BCUT2D eigenvalue weighted by molar-refractivity contribution is 0.100. The maximum absolute atomic E-state index is 13.6. The summed E-state index contributed by atoms with van der Waals surface area (Å²) in [7, 11) is 0. The molecule has 1 aromatic carbocycles. The smallest absolute Gasteiger partial charge is 0.248 e. The second kappa shape index (κ2) is 4.96. The second-order valence-electron chi connectivity index (χ2n) is 5.38. The van der Waals surface area contributed by atoms with Crippen LogP contribution in [0.1, 0.15) is 37.0 Å². The summed E-state index contributed by atoms with van der Waals surface area (Å²) in [4.78, 5) is 11.0. The molecule has 0 aliphatic heterocycles. The highest BCUT2D eigenvalue weighted by atomic mass is 19.1. The predicted octanol–water partition coefficient (Wildman–Crippen LogP) is 2.77. The Kier molecular flexibility index (Phi) is 3.55. The van der Waals surface area contributed by atoms with E-state index in [0.717, 1.165) is 12.8 Å². The van der Waals surface area contributed by atoms with Crippen molar-refractivity contribution in [2.45, 2.75) is 32.7 Å². The topological polar surface area (TPSA) is 55.1 Å². The van der Waals surface area contributed by atoms with Gasteiger partial charge < -0.3 is 11.1 Å². The molecule has 2 rings (SSSR count). The molecule has 3 nitrogen and oxygen atoms in total. The molecular weight excluding hydrogens is 231 g/mol. The van der Waals surface area contributed by atoms with Crippen molar-refractivity contribution in [3.05, 3.63) is 29.6 Å². The molecular formula is C14H19FN2O. The third-order valence-electron chi connectivity index (χ3n) is 3.73. The summed E-state index contributed by atoms with van der Waals surface area (Å²) in [5.74, 6) is 0.509. The van der Waals surface area contributed by atoms with Crippen LogP contribution in [0, 0.1) is 17.7 Å². The first-order valence-corrected chi connectivity index (χ1v) is 6.33. The van der Waals surface area contributed by atoms with Crippen molar-refractivity contribution in [3.63, 3.8) is 0 Å². The van der Waals surface area contributed by atoms with E-state index in [4.69, 9.17) is 5.73 Å². The molecule has 98 valence electrons. The van der Waals surface area contributed by atoms with Crippen LogP contribution in [0.25, 0.3) is 0 Å². The van der Waals surface area contributed by atoms with Gasteiger partial charge in [-0.3, -0.25) is 4.79 Å². The molecule has 0 saturated heterocycles. The minimum atomic E-state index is -0.535. The van der Waals surface area contributed by atoms with Gasteiger partial charge in [0, 0.05) is 11.6 Å². The molecule has 1 aliphatic rings. The van der Waals surface area contributed by atoms with Gasteiger partial charge in [0.15, 0.2) is 0 Å². The number of nitrogens with two attached hydrogens (primary N) is 1. The Hall–Kier alpha value is -1.58. The van der Waals surface area contributed by atoms with Crippen molar-refractivity contribution < 1.29 is 9.18 Å². The van der Waals surface area contributed by atoms with Crippen molar-refractivity contribution in [3.8, 4) is 0 Å². The Morgan fingerprint density at radius 2 is 2.11 bits per heavy atom. The molecule has 0 bridgehead atoms. The Morgan fingerprint density at radius 1 is 1.44 bits per heavy atom. The third-order valence-corrected chi connectivity index (χ3v) is 3.73. The van der Waals surface area contributed by atoms with Crippen molar-refractivity contribution >= 4 is 11.6 Å². The number of hydrogen-bond donors (Lipinski definition) is 2. The van der Waals surface area contributed by atoms with Gasteiger partial charge in [-0.1, -0.05) is 13.8 Å². The van der Waals surface area contributed by atoms with Crippen molar-refractivity contribution in [1.82, 2.24) is 0 Å². The number of carbonyl (C=O) groups is 1. The molecule has 0 spiro atoms. The van der Waals surface area contributed by atoms with Crippen molar-refractivity contribution in [2.24, 2.45) is 17.6 Å². The first-order valence-electron chi connectivity index (χ1n) is 6.33. The van der Waals surface area contributed by atoms with Gasteiger partial charge in [-0.15, -0.1) is 0 Å². The van der Waals surface area contributed by atoms with Gasteiger partial charge in [-0.2, -0.15) is 0 Å². The number of rotatable bonds is 4. The molecule has 18 heavy (non-hydrogen) atoms. The monoisotopic (exact) mass is 250 g/mol. The molecule has 1 fully saturated rings. The van der Waals surface area contributed by atoms with Crippen LogP contribution in [0.3, 0.4) is 0 Å². The average molecular weight is 250 g/mol. The maximum atomic E-state index is 13.6. The molecule has 3 N–H and O–H groups in total. The summed E-state index contributed by atoms with van der Waals surface area (Å²) < 4.78 is 13.6. The summed E-state index contributed by atoms with van der Waals surface area (Å²) in [6.07, 6.45) is 2.11. The van der Waals surface area contributed by atoms with E-state index in [1.165, 1.54) is 18.2 Å². The van der Waals surface area contributed by atoms with Crippen LogP contribution in [0.15, 0.2) is 18.2 Å². The standard InChI is InChI=1S/C14H19FN2O/c1-8(2)10-5-11(6-10)17-13-7-9(14(16)18)3-4-12(13)15/h3-4,7-8,10-11,17H,5-6H2,1-2H3,(H2,16,18). The van der Waals surface area contributed by atoms with Crippen LogP contribution in [0.4, 0.5) is 10.1 Å². The predicted molar refractivity (Wildman–Crippen MR) is 69.9 cm³/mol. The highest BCUT2D eigenvalue weighted by Crippen LogP contribution is 2.35. The lowest BCUT2D eigenvalue weighted by atomic mass is 9.73. The van der Waals surface area contributed by atoms with Crippen LogP contribution < -0.4 is 11.1 Å². The number of benzene rings is 1. The quantitative estimate of drug-likeness (QED) is 0.863. The second-order valence-corrected chi connectivity index (χ2v) is 5.38. The van der Waals surface area contributed by atoms with Gasteiger partial charge >= 0.3 is 0 Å². The Balaban J connectivity index is 2.02. The highest BCUT2D eigenvalue weighted by Gasteiger charge is 2.31. The van der Waals surface area contributed by atoms with Crippen LogP contribution in [0.5, 0.6) is 0 Å². The van der Waals surface area contributed by atoms with Crippen molar-refractivity contribution in [2.75, 3.05) is 5.32 Å². The SMILES string of the molecule is CC(C)C1CC(Nc2cc(C(N)=O)ccc2F)C1. The van der Waals surface area contributed by atoms with Crippen LogP contribution in [0.2, 0.25) is 0 Å².